The monoisotopic (exact) mass is 241 g/mol. The van der Waals surface area contributed by atoms with Crippen molar-refractivity contribution in [1.82, 2.24) is 5.32 Å². The molecule has 0 aromatic heterocycles. The third kappa shape index (κ3) is 3.59. The minimum absolute atomic E-state index is 0.0572. The highest BCUT2D eigenvalue weighted by Gasteiger charge is 2.21. The third-order valence-electron chi connectivity index (χ3n) is 2.53. The van der Waals surface area contributed by atoms with Crippen molar-refractivity contribution in [1.29, 1.82) is 0 Å². The topological polar surface area (TPSA) is 69.6 Å². The summed E-state index contributed by atoms with van der Waals surface area (Å²) in [7, 11) is 1.71. The van der Waals surface area contributed by atoms with Gasteiger partial charge in [0.15, 0.2) is 0 Å². The first-order valence-corrected chi connectivity index (χ1v) is 5.35. The highest BCUT2D eigenvalue weighted by Crippen LogP contribution is 2.22. The number of aliphatic hydroxyl groups excluding tert-OH is 2. The number of carbonyl (C=O) groups is 1. The Hall–Kier alpha value is -1.30. The molecule has 0 radical (unpaired) electrons. The van der Waals surface area contributed by atoms with E-state index in [1.54, 1.807) is 7.05 Å². The van der Waals surface area contributed by atoms with Crippen LogP contribution in [0.15, 0.2) is 18.2 Å². The second-order valence-electron chi connectivity index (χ2n) is 3.80. The molecule has 1 rings (SSSR count). The lowest BCUT2D eigenvalue weighted by atomic mass is 10.00. The number of hydrogen-bond acceptors (Lipinski definition) is 4. The summed E-state index contributed by atoms with van der Waals surface area (Å²) in [4.78, 5) is 10.6. The molecule has 5 heteroatoms. The van der Waals surface area contributed by atoms with Crippen LogP contribution >= 0.6 is 0 Å². The first-order chi connectivity index (χ1) is 8.10. The summed E-state index contributed by atoms with van der Waals surface area (Å²) in [6, 6.07) is 3.67. The number of carbonyl (C=O) groups excluding carboxylic acids is 1. The van der Waals surface area contributed by atoms with Crippen molar-refractivity contribution in [3.05, 3.63) is 35.1 Å². The number of aliphatic hydroxyl groups is 2. The quantitative estimate of drug-likeness (QED) is 0.639. The lowest BCUT2D eigenvalue weighted by molar-refractivity contribution is 0.0120. The standard InChI is InChI=1S/C12H16FNO3/c1-14-5-4-11(16)12(17)9-6-8(7-15)2-3-10(9)13/h2-3,6-7,11-12,14,16-17H,4-5H2,1H3. The molecule has 2 unspecified atom stereocenters. The van der Waals surface area contributed by atoms with Gasteiger partial charge in [0.1, 0.15) is 18.2 Å². The Morgan fingerprint density at radius 3 is 2.76 bits per heavy atom. The maximum Gasteiger partial charge on any atom is 0.150 e. The maximum atomic E-state index is 13.4. The van der Waals surface area contributed by atoms with Gasteiger partial charge >= 0.3 is 0 Å². The van der Waals surface area contributed by atoms with Crippen molar-refractivity contribution in [2.75, 3.05) is 13.6 Å². The first kappa shape index (κ1) is 13.8. The molecule has 1 aromatic rings. The minimum atomic E-state index is -1.33. The van der Waals surface area contributed by atoms with Crippen LogP contribution in [-0.2, 0) is 0 Å². The van der Waals surface area contributed by atoms with Gasteiger partial charge in [-0.2, -0.15) is 0 Å². The van der Waals surface area contributed by atoms with Gasteiger partial charge in [0.25, 0.3) is 0 Å². The average Bonchev–Trinajstić information content (AvgIpc) is 2.35. The fourth-order valence-electron chi connectivity index (χ4n) is 1.52. The number of aldehydes is 1. The molecule has 0 fully saturated rings. The van der Waals surface area contributed by atoms with Crippen LogP contribution in [0.2, 0.25) is 0 Å². The van der Waals surface area contributed by atoms with Crippen LogP contribution in [0.25, 0.3) is 0 Å². The normalized spacial score (nSPS) is 14.4. The molecular formula is C12H16FNO3. The van der Waals surface area contributed by atoms with Crippen LogP contribution in [0.1, 0.15) is 28.4 Å². The molecule has 0 bridgehead atoms. The molecule has 0 aliphatic rings. The van der Waals surface area contributed by atoms with E-state index in [-0.39, 0.29) is 11.1 Å². The van der Waals surface area contributed by atoms with Gasteiger partial charge in [-0.3, -0.25) is 4.79 Å². The van der Waals surface area contributed by atoms with Gasteiger partial charge in [0, 0.05) is 11.1 Å². The van der Waals surface area contributed by atoms with Gasteiger partial charge < -0.3 is 15.5 Å². The van der Waals surface area contributed by atoms with Crippen molar-refractivity contribution in [3.63, 3.8) is 0 Å². The van der Waals surface area contributed by atoms with E-state index in [0.717, 1.165) is 6.07 Å². The van der Waals surface area contributed by atoms with E-state index >= 15 is 0 Å². The van der Waals surface area contributed by atoms with E-state index in [4.69, 9.17) is 0 Å². The second kappa shape index (κ2) is 6.44. The molecule has 0 aliphatic heterocycles. The van der Waals surface area contributed by atoms with Gasteiger partial charge in [0.2, 0.25) is 0 Å². The van der Waals surface area contributed by atoms with Crippen molar-refractivity contribution >= 4 is 6.29 Å². The smallest absolute Gasteiger partial charge is 0.150 e. The Bertz CT molecular complexity index is 384. The fourth-order valence-corrected chi connectivity index (χ4v) is 1.52. The highest BCUT2D eigenvalue weighted by atomic mass is 19.1. The number of nitrogens with one attached hydrogen (secondary N) is 1. The van der Waals surface area contributed by atoms with Gasteiger partial charge in [-0.1, -0.05) is 0 Å². The summed E-state index contributed by atoms with van der Waals surface area (Å²) >= 11 is 0. The summed E-state index contributed by atoms with van der Waals surface area (Å²) in [5.41, 5.74) is 0.208. The van der Waals surface area contributed by atoms with Crippen molar-refractivity contribution in [3.8, 4) is 0 Å². The Kier molecular flexibility index (Phi) is 5.21. The fraction of sp³-hybridized carbons (Fsp3) is 0.417. The maximum absolute atomic E-state index is 13.4. The molecule has 94 valence electrons. The molecule has 0 amide bonds. The zero-order valence-corrected chi connectivity index (χ0v) is 9.56. The zero-order valence-electron chi connectivity index (χ0n) is 9.56. The van der Waals surface area contributed by atoms with E-state index in [2.05, 4.69) is 5.32 Å². The van der Waals surface area contributed by atoms with Gasteiger partial charge in [-0.05, 0) is 38.2 Å². The molecule has 0 saturated heterocycles. The predicted octanol–water partition coefficient (Wildman–Crippen LogP) is 0.642. The lowest BCUT2D eigenvalue weighted by Gasteiger charge is -2.18. The number of benzene rings is 1. The van der Waals surface area contributed by atoms with Gasteiger partial charge in [0.05, 0.1) is 6.10 Å². The molecule has 3 N–H and O–H groups in total. The van der Waals surface area contributed by atoms with Crippen LogP contribution in [0.5, 0.6) is 0 Å². The Balaban J connectivity index is 2.86. The molecule has 0 aliphatic carbocycles. The molecular weight excluding hydrogens is 225 g/mol. The molecule has 0 saturated carbocycles. The van der Waals surface area contributed by atoms with E-state index in [1.165, 1.54) is 12.1 Å². The van der Waals surface area contributed by atoms with Gasteiger partial charge in [-0.15, -0.1) is 0 Å². The Morgan fingerprint density at radius 2 is 2.18 bits per heavy atom. The SMILES string of the molecule is CNCCC(O)C(O)c1cc(C=O)ccc1F. The summed E-state index contributed by atoms with van der Waals surface area (Å²) in [6.45, 7) is 0.507. The van der Waals surface area contributed by atoms with E-state index in [9.17, 15) is 19.4 Å². The molecule has 2 atom stereocenters. The third-order valence-corrected chi connectivity index (χ3v) is 2.53. The van der Waals surface area contributed by atoms with E-state index in [0.29, 0.717) is 19.3 Å². The Morgan fingerprint density at radius 1 is 1.47 bits per heavy atom. The van der Waals surface area contributed by atoms with Crippen molar-refractivity contribution in [2.45, 2.75) is 18.6 Å². The minimum Gasteiger partial charge on any atom is -0.390 e. The largest absolute Gasteiger partial charge is 0.390 e. The predicted molar refractivity (Wildman–Crippen MR) is 61.3 cm³/mol. The second-order valence-corrected chi connectivity index (χ2v) is 3.80. The lowest BCUT2D eigenvalue weighted by Crippen LogP contribution is -2.24. The van der Waals surface area contributed by atoms with Gasteiger partial charge in [-0.25, -0.2) is 4.39 Å². The summed E-state index contributed by atoms with van der Waals surface area (Å²) < 4.78 is 13.4. The Labute approximate surface area is 99.1 Å². The number of rotatable bonds is 6. The highest BCUT2D eigenvalue weighted by molar-refractivity contribution is 5.75. The number of hydrogen-bond donors (Lipinski definition) is 3. The van der Waals surface area contributed by atoms with Crippen LogP contribution in [-0.4, -0.2) is 36.2 Å². The molecule has 4 nitrogen and oxygen atoms in total. The van der Waals surface area contributed by atoms with Crippen LogP contribution in [0.3, 0.4) is 0 Å². The molecule has 0 heterocycles. The summed E-state index contributed by atoms with van der Waals surface area (Å²) in [5, 5.41) is 22.2. The van der Waals surface area contributed by atoms with Crippen molar-refractivity contribution < 1.29 is 19.4 Å². The first-order valence-electron chi connectivity index (χ1n) is 5.35. The number of halogens is 1. The van der Waals surface area contributed by atoms with E-state index < -0.39 is 18.0 Å². The average molecular weight is 241 g/mol. The van der Waals surface area contributed by atoms with Crippen molar-refractivity contribution in [2.24, 2.45) is 0 Å². The molecule has 0 spiro atoms. The molecule has 17 heavy (non-hydrogen) atoms. The van der Waals surface area contributed by atoms with E-state index in [1.807, 2.05) is 0 Å². The van der Waals surface area contributed by atoms with Crippen LogP contribution in [0.4, 0.5) is 4.39 Å². The molecule has 1 aromatic carbocycles. The summed E-state index contributed by atoms with van der Waals surface area (Å²) in [5.74, 6) is -0.633. The van der Waals surface area contributed by atoms with Crippen LogP contribution in [0, 0.1) is 5.82 Å². The zero-order chi connectivity index (χ0) is 12.8. The van der Waals surface area contributed by atoms with Crippen LogP contribution < -0.4 is 5.32 Å². The summed E-state index contributed by atoms with van der Waals surface area (Å²) in [6.07, 6.45) is -1.54.